The molecule has 11 nitrogen and oxygen atoms in total. The molecule has 28 heavy (non-hydrogen) atoms. The summed E-state index contributed by atoms with van der Waals surface area (Å²) >= 11 is 0. The van der Waals surface area contributed by atoms with Crippen LogP contribution in [0.2, 0.25) is 0 Å². The van der Waals surface area contributed by atoms with Gasteiger partial charge in [0.1, 0.15) is 11.6 Å². The minimum Gasteiger partial charge on any atom is -0.467 e. The molecule has 1 aromatic rings. The van der Waals surface area contributed by atoms with Crippen LogP contribution in [0.3, 0.4) is 0 Å². The zero-order chi connectivity index (χ0) is 20.8. The summed E-state index contributed by atoms with van der Waals surface area (Å²) < 4.78 is 19.7. The number of nitrogens with one attached hydrogen (secondary N) is 1. The minimum absolute atomic E-state index is 0.127. The summed E-state index contributed by atoms with van der Waals surface area (Å²) in [6.45, 7) is 2.74. The fraction of sp³-hybridized carbons (Fsp3) is 0.471. The summed E-state index contributed by atoms with van der Waals surface area (Å²) in [6, 6.07) is 1.27. The molecule has 0 fully saturated rings. The molecule has 1 aliphatic heterocycles. The fourth-order valence-corrected chi connectivity index (χ4v) is 2.47. The zero-order valence-electron chi connectivity index (χ0n) is 15.6. The third-order valence-corrected chi connectivity index (χ3v) is 4.23. The van der Waals surface area contributed by atoms with E-state index in [1.807, 2.05) is 6.92 Å². The average molecular weight is 396 g/mol. The van der Waals surface area contributed by atoms with E-state index in [1.54, 1.807) is 6.92 Å². The third-order valence-electron chi connectivity index (χ3n) is 4.23. The Labute approximate surface area is 160 Å². The third kappa shape index (κ3) is 4.67. The summed E-state index contributed by atoms with van der Waals surface area (Å²) in [5.74, 6) is -2.37. The highest BCUT2D eigenvalue weighted by Crippen LogP contribution is 2.38. The lowest BCUT2D eigenvalue weighted by atomic mass is 9.99. The Balaban J connectivity index is 2.06. The molecule has 2 rings (SSSR count). The standard InChI is InChI=1S/C17H20N2O9/c1-4-9(2)15(17(22)25-3)18-14(20)7-26-16(21)10-5-12-13(28-8-27-12)6-11(10)19(23)24/h5-6,9,15H,4,7-8H2,1-3H3,(H,18,20). The number of carbonyl (C=O) groups is 3. The summed E-state index contributed by atoms with van der Waals surface area (Å²) in [7, 11) is 1.20. The van der Waals surface area contributed by atoms with Gasteiger partial charge < -0.3 is 24.3 Å². The molecule has 1 aromatic carbocycles. The van der Waals surface area contributed by atoms with Crippen molar-refractivity contribution in [3.63, 3.8) is 0 Å². The first-order valence-corrected chi connectivity index (χ1v) is 8.40. The fourth-order valence-electron chi connectivity index (χ4n) is 2.47. The van der Waals surface area contributed by atoms with Crippen molar-refractivity contribution in [1.29, 1.82) is 0 Å². The largest absolute Gasteiger partial charge is 0.467 e. The van der Waals surface area contributed by atoms with Gasteiger partial charge in [-0.25, -0.2) is 9.59 Å². The number of carbonyl (C=O) groups excluding carboxylic acids is 3. The molecule has 1 heterocycles. The molecule has 0 saturated heterocycles. The number of nitro groups is 1. The Morgan fingerprint density at radius 3 is 2.50 bits per heavy atom. The van der Waals surface area contributed by atoms with E-state index in [1.165, 1.54) is 7.11 Å². The highest BCUT2D eigenvalue weighted by Gasteiger charge is 2.30. The highest BCUT2D eigenvalue weighted by molar-refractivity contribution is 5.96. The maximum absolute atomic E-state index is 12.2. The Hall–Kier alpha value is -3.37. The Morgan fingerprint density at radius 1 is 1.29 bits per heavy atom. The molecule has 0 radical (unpaired) electrons. The Kier molecular flexibility index (Phi) is 6.74. The van der Waals surface area contributed by atoms with Crippen LogP contribution in [-0.2, 0) is 19.1 Å². The van der Waals surface area contributed by atoms with Crippen molar-refractivity contribution in [2.24, 2.45) is 5.92 Å². The minimum atomic E-state index is -1.08. The molecular formula is C17H20N2O9. The van der Waals surface area contributed by atoms with Crippen LogP contribution in [0.25, 0.3) is 0 Å². The molecule has 1 amide bonds. The maximum Gasteiger partial charge on any atom is 0.345 e. The topological polar surface area (TPSA) is 143 Å². The molecule has 0 saturated carbocycles. The molecular weight excluding hydrogens is 376 g/mol. The summed E-state index contributed by atoms with van der Waals surface area (Å²) in [4.78, 5) is 46.5. The lowest BCUT2D eigenvalue weighted by Gasteiger charge is -2.21. The first-order valence-electron chi connectivity index (χ1n) is 8.40. The van der Waals surface area contributed by atoms with Gasteiger partial charge in [0.15, 0.2) is 18.1 Å². The summed E-state index contributed by atoms with van der Waals surface area (Å²) in [5, 5.41) is 13.6. The normalized spacial score (nSPS) is 14.0. The van der Waals surface area contributed by atoms with Gasteiger partial charge in [0.25, 0.3) is 11.6 Å². The number of nitro benzene ring substituents is 1. The monoisotopic (exact) mass is 396 g/mol. The average Bonchev–Trinajstić information content (AvgIpc) is 3.15. The van der Waals surface area contributed by atoms with E-state index in [0.29, 0.717) is 6.42 Å². The van der Waals surface area contributed by atoms with Crippen LogP contribution in [-0.4, -0.2) is 49.3 Å². The van der Waals surface area contributed by atoms with Gasteiger partial charge in [-0.05, 0) is 5.92 Å². The van der Waals surface area contributed by atoms with Crippen molar-refractivity contribution < 1.29 is 38.3 Å². The highest BCUT2D eigenvalue weighted by atomic mass is 16.7. The van der Waals surface area contributed by atoms with Crippen molar-refractivity contribution in [2.75, 3.05) is 20.5 Å². The van der Waals surface area contributed by atoms with Gasteiger partial charge >= 0.3 is 11.9 Å². The molecule has 1 N–H and O–H groups in total. The number of rotatable bonds is 8. The molecule has 0 bridgehead atoms. The number of benzene rings is 1. The number of ether oxygens (including phenoxy) is 4. The maximum atomic E-state index is 12.2. The lowest BCUT2D eigenvalue weighted by molar-refractivity contribution is -0.385. The predicted molar refractivity (Wildman–Crippen MR) is 92.9 cm³/mol. The number of hydrogen-bond acceptors (Lipinski definition) is 9. The number of esters is 2. The van der Waals surface area contributed by atoms with E-state index in [9.17, 15) is 24.5 Å². The quantitative estimate of drug-likeness (QED) is 0.389. The SMILES string of the molecule is CCC(C)C(NC(=O)COC(=O)c1cc2c(cc1[N+](=O)[O-])OCO2)C(=O)OC. The van der Waals surface area contributed by atoms with Gasteiger partial charge in [0.2, 0.25) is 6.79 Å². The first-order chi connectivity index (χ1) is 13.3. The van der Waals surface area contributed by atoms with Crippen LogP contribution in [0.5, 0.6) is 11.5 Å². The van der Waals surface area contributed by atoms with Crippen LogP contribution >= 0.6 is 0 Å². The van der Waals surface area contributed by atoms with Gasteiger partial charge in [0.05, 0.1) is 18.1 Å². The van der Waals surface area contributed by atoms with E-state index in [2.05, 4.69) is 10.1 Å². The second kappa shape index (κ2) is 9.02. The smallest absolute Gasteiger partial charge is 0.345 e. The van der Waals surface area contributed by atoms with E-state index < -0.39 is 41.1 Å². The molecule has 1 aliphatic rings. The zero-order valence-corrected chi connectivity index (χ0v) is 15.6. The van der Waals surface area contributed by atoms with Gasteiger partial charge in [0, 0.05) is 6.07 Å². The molecule has 2 atom stereocenters. The molecule has 152 valence electrons. The van der Waals surface area contributed by atoms with Gasteiger partial charge in [-0.15, -0.1) is 0 Å². The number of methoxy groups -OCH3 is 1. The summed E-state index contributed by atoms with van der Waals surface area (Å²) in [6.07, 6.45) is 0.600. The number of fused-ring (bicyclic) bond motifs is 1. The molecule has 0 aromatic heterocycles. The van der Waals surface area contributed by atoms with Crippen molar-refractivity contribution in [3.05, 3.63) is 27.8 Å². The van der Waals surface area contributed by atoms with E-state index >= 15 is 0 Å². The van der Waals surface area contributed by atoms with Crippen molar-refractivity contribution >= 4 is 23.5 Å². The van der Waals surface area contributed by atoms with Crippen LogP contribution in [0.15, 0.2) is 12.1 Å². The van der Waals surface area contributed by atoms with Crippen LogP contribution < -0.4 is 14.8 Å². The molecule has 0 spiro atoms. The Morgan fingerprint density at radius 2 is 1.93 bits per heavy atom. The predicted octanol–water partition coefficient (Wildman–Crippen LogP) is 1.18. The van der Waals surface area contributed by atoms with Crippen LogP contribution in [0, 0.1) is 16.0 Å². The summed E-state index contributed by atoms with van der Waals surface area (Å²) in [5.41, 5.74) is -0.921. The van der Waals surface area contributed by atoms with Crippen LogP contribution in [0.4, 0.5) is 5.69 Å². The van der Waals surface area contributed by atoms with Gasteiger partial charge in [-0.1, -0.05) is 20.3 Å². The Bertz CT molecular complexity index is 793. The molecule has 0 aliphatic carbocycles. The number of nitrogens with zero attached hydrogens (tertiary/aromatic N) is 1. The van der Waals surface area contributed by atoms with Gasteiger partial charge in [-0.3, -0.25) is 14.9 Å². The second-order valence-electron chi connectivity index (χ2n) is 6.01. The van der Waals surface area contributed by atoms with E-state index in [0.717, 1.165) is 12.1 Å². The van der Waals surface area contributed by atoms with Crippen molar-refractivity contribution in [2.45, 2.75) is 26.3 Å². The lowest BCUT2D eigenvalue weighted by Crippen LogP contribution is -2.47. The number of amides is 1. The second-order valence-corrected chi connectivity index (χ2v) is 6.01. The number of hydrogen-bond donors (Lipinski definition) is 1. The van der Waals surface area contributed by atoms with Crippen molar-refractivity contribution in [3.8, 4) is 11.5 Å². The first kappa shape index (κ1) is 20.9. The van der Waals surface area contributed by atoms with E-state index in [4.69, 9.17) is 14.2 Å². The van der Waals surface area contributed by atoms with Gasteiger partial charge in [-0.2, -0.15) is 0 Å². The van der Waals surface area contributed by atoms with Crippen molar-refractivity contribution in [1.82, 2.24) is 5.32 Å². The molecule has 2 unspecified atom stereocenters. The van der Waals surface area contributed by atoms with Crippen LogP contribution in [0.1, 0.15) is 30.6 Å². The molecule has 11 heteroatoms. The van der Waals surface area contributed by atoms with E-state index in [-0.39, 0.29) is 29.8 Å².